The van der Waals surface area contributed by atoms with Crippen LogP contribution >= 0.6 is 0 Å². The molecule has 1 aromatic heterocycles. The van der Waals surface area contributed by atoms with Gasteiger partial charge in [0.25, 0.3) is 5.91 Å². The van der Waals surface area contributed by atoms with Crippen LogP contribution in [0.15, 0.2) is 63.7 Å². The average Bonchev–Trinajstić information content (AvgIpc) is 3.07. The highest BCUT2D eigenvalue weighted by atomic mass is 32.2. The number of hydrogen-bond donors (Lipinski definition) is 1. The number of carbonyl (C=O) groups excluding carboxylic acids is 1. The SMILES string of the molecule is Cn1c(O)c(N=NC(=O)CCc2ccc(S(=O)(=O)N3CCOCC3)cc2)c2ccccc21. The lowest BCUT2D eigenvalue weighted by Gasteiger charge is -2.26. The van der Waals surface area contributed by atoms with Crippen LogP contribution in [0.25, 0.3) is 10.9 Å². The van der Waals surface area contributed by atoms with Gasteiger partial charge in [-0.1, -0.05) is 30.3 Å². The van der Waals surface area contributed by atoms with E-state index in [1.807, 2.05) is 18.2 Å². The number of amides is 1. The molecular weight excluding hydrogens is 432 g/mol. The van der Waals surface area contributed by atoms with Crippen LogP contribution in [-0.2, 0) is 33.0 Å². The molecule has 9 nitrogen and oxygen atoms in total. The molecule has 0 saturated carbocycles. The van der Waals surface area contributed by atoms with Crippen molar-refractivity contribution in [1.29, 1.82) is 0 Å². The lowest BCUT2D eigenvalue weighted by molar-refractivity contribution is -0.118. The summed E-state index contributed by atoms with van der Waals surface area (Å²) in [4.78, 5) is 12.4. The van der Waals surface area contributed by atoms with Crippen LogP contribution in [0.1, 0.15) is 12.0 Å². The molecule has 0 radical (unpaired) electrons. The lowest BCUT2D eigenvalue weighted by Crippen LogP contribution is -2.40. The number of morpholine rings is 1. The van der Waals surface area contributed by atoms with Gasteiger partial charge in [0.1, 0.15) is 0 Å². The van der Waals surface area contributed by atoms with Crippen molar-refractivity contribution < 1.29 is 23.1 Å². The van der Waals surface area contributed by atoms with E-state index in [4.69, 9.17) is 4.74 Å². The molecule has 4 rings (SSSR count). The standard InChI is InChI=1S/C22H24N4O5S/c1-25-19-5-3-2-4-18(19)21(22(25)28)24-23-20(27)11-8-16-6-9-17(10-7-16)32(29,30)26-12-14-31-15-13-26/h2-7,9-10,28H,8,11-15H2,1H3. The van der Waals surface area contributed by atoms with E-state index >= 15 is 0 Å². The van der Waals surface area contributed by atoms with Crippen LogP contribution < -0.4 is 0 Å². The van der Waals surface area contributed by atoms with E-state index in [2.05, 4.69) is 10.2 Å². The van der Waals surface area contributed by atoms with Gasteiger partial charge in [0.05, 0.1) is 23.6 Å². The number of nitrogens with zero attached hydrogens (tertiary/aromatic N) is 4. The van der Waals surface area contributed by atoms with Gasteiger partial charge in [0.2, 0.25) is 15.9 Å². The summed E-state index contributed by atoms with van der Waals surface area (Å²) in [6.45, 7) is 1.47. The molecule has 1 aliphatic rings. The Morgan fingerprint density at radius 2 is 1.78 bits per heavy atom. The smallest absolute Gasteiger partial charge is 0.265 e. The Hall–Kier alpha value is -3.08. The lowest BCUT2D eigenvalue weighted by atomic mass is 10.1. The highest BCUT2D eigenvalue weighted by Crippen LogP contribution is 2.37. The number of rotatable bonds is 6. The summed E-state index contributed by atoms with van der Waals surface area (Å²) in [6, 6.07) is 13.8. The fourth-order valence-electron chi connectivity index (χ4n) is 3.63. The minimum Gasteiger partial charge on any atom is -0.493 e. The summed E-state index contributed by atoms with van der Waals surface area (Å²) in [5, 5.41) is 18.7. The van der Waals surface area contributed by atoms with E-state index in [0.717, 1.165) is 11.1 Å². The number of azo groups is 1. The molecule has 1 N–H and O–H groups in total. The third kappa shape index (κ3) is 4.43. The second-order valence-electron chi connectivity index (χ2n) is 7.50. The van der Waals surface area contributed by atoms with Gasteiger partial charge in [-0.25, -0.2) is 8.42 Å². The van der Waals surface area contributed by atoms with Gasteiger partial charge in [-0.3, -0.25) is 4.79 Å². The largest absolute Gasteiger partial charge is 0.493 e. The van der Waals surface area contributed by atoms with Crippen molar-refractivity contribution in [1.82, 2.24) is 8.87 Å². The van der Waals surface area contributed by atoms with Crippen molar-refractivity contribution in [2.24, 2.45) is 17.3 Å². The Kier molecular flexibility index (Phi) is 6.35. The van der Waals surface area contributed by atoms with Crippen molar-refractivity contribution in [2.45, 2.75) is 17.7 Å². The molecule has 2 heterocycles. The number of hydrogen-bond acceptors (Lipinski definition) is 6. The van der Waals surface area contributed by atoms with E-state index in [0.29, 0.717) is 38.1 Å². The van der Waals surface area contributed by atoms with E-state index < -0.39 is 15.9 Å². The molecule has 3 aromatic rings. The summed E-state index contributed by atoms with van der Waals surface area (Å²) >= 11 is 0. The van der Waals surface area contributed by atoms with Gasteiger partial charge in [0, 0.05) is 31.9 Å². The normalized spacial score (nSPS) is 15.5. The molecule has 0 atom stereocenters. The maximum absolute atomic E-state index is 12.7. The summed E-state index contributed by atoms with van der Waals surface area (Å²) in [6.07, 6.45) is 0.516. The first-order valence-corrected chi connectivity index (χ1v) is 11.7. The fraction of sp³-hybridized carbons (Fsp3) is 0.318. The summed E-state index contributed by atoms with van der Waals surface area (Å²) in [7, 11) is -1.83. The number of aryl methyl sites for hydroxylation is 2. The number of fused-ring (bicyclic) bond motifs is 1. The predicted octanol–water partition coefficient (Wildman–Crippen LogP) is 3.15. The van der Waals surface area contributed by atoms with E-state index in [1.54, 1.807) is 41.9 Å². The Morgan fingerprint density at radius 3 is 2.50 bits per heavy atom. The molecular formula is C22H24N4O5S. The monoisotopic (exact) mass is 456 g/mol. The second-order valence-corrected chi connectivity index (χ2v) is 9.44. The minimum absolute atomic E-state index is 0.0557. The quantitative estimate of drug-likeness (QED) is 0.573. The number of benzene rings is 2. The van der Waals surface area contributed by atoms with Crippen molar-refractivity contribution in [3.8, 4) is 5.88 Å². The molecule has 0 spiro atoms. The van der Waals surface area contributed by atoms with Crippen molar-refractivity contribution in [3.05, 3.63) is 54.1 Å². The molecule has 32 heavy (non-hydrogen) atoms. The molecule has 1 amide bonds. The molecule has 0 bridgehead atoms. The summed E-state index contributed by atoms with van der Waals surface area (Å²) < 4.78 is 33.6. The first-order valence-electron chi connectivity index (χ1n) is 10.3. The van der Waals surface area contributed by atoms with E-state index in [9.17, 15) is 18.3 Å². The Labute approximate surface area is 186 Å². The molecule has 1 aliphatic heterocycles. The van der Waals surface area contributed by atoms with Crippen LogP contribution in [0.5, 0.6) is 5.88 Å². The molecule has 10 heteroatoms. The van der Waals surface area contributed by atoms with Crippen LogP contribution in [0, 0.1) is 0 Å². The van der Waals surface area contributed by atoms with Crippen molar-refractivity contribution >= 4 is 32.5 Å². The Morgan fingerprint density at radius 1 is 1.09 bits per heavy atom. The first-order chi connectivity index (χ1) is 15.4. The molecule has 1 fully saturated rings. The minimum atomic E-state index is -3.54. The molecule has 0 aliphatic carbocycles. The van der Waals surface area contributed by atoms with Gasteiger partial charge in [-0.15, -0.1) is 10.2 Å². The van der Waals surface area contributed by atoms with Crippen molar-refractivity contribution in [2.75, 3.05) is 26.3 Å². The van der Waals surface area contributed by atoms with Crippen LogP contribution in [0.2, 0.25) is 0 Å². The third-order valence-corrected chi connectivity index (χ3v) is 7.38. The zero-order valence-electron chi connectivity index (χ0n) is 17.6. The van der Waals surface area contributed by atoms with E-state index in [1.165, 1.54) is 4.31 Å². The molecule has 2 aromatic carbocycles. The number of carbonyl (C=O) groups is 1. The van der Waals surface area contributed by atoms with E-state index in [-0.39, 0.29) is 22.9 Å². The number of para-hydroxylation sites is 1. The summed E-state index contributed by atoms with van der Waals surface area (Å²) in [5.41, 5.74) is 1.87. The molecule has 168 valence electrons. The molecule has 0 unspecified atom stereocenters. The Balaban J connectivity index is 1.39. The predicted molar refractivity (Wildman–Crippen MR) is 118 cm³/mol. The third-order valence-electron chi connectivity index (χ3n) is 5.47. The number of aromatic hydroxyl groups is 1. The van der Waals surface area contributed by atoms with Crippen LogP contribution in [0.3, 0.4) is 0 Å². The zero-order chi connectivity index (χ0) is 22.7. The van der Waals surface area contributed by atoms with Gasteiger partial charge < -0.3 is 14.4 Å². The second kappa shape index (κ2) is 9.19. The highest BCUT2D eigenvalue weighted by Gasteiger charge is 2.26. The van der Waals surface area contributed by atoms with Crippen LogP contribution in [-0.4, -0.2) is 54.6 Å². The fourth-order valence-corrected chi connectivity index (χ4v) is 5.04. The number of ether oxygens (including phenoxy) is 1. The number of aromatic nitrogens is 1. The van der Waals surface area contributed by atoms with Gasteiger partial charge in [-0.2, -0.15) is 4.31 Å². The Bertz CT molecular complexity index is 1260. The van der Waals surface area contributed by atoms with Gasteiger partial charge in [-0.05, 0) is 30.2 Å². The van der Waals surface area contributed by atoms with Crippen LogP contribution in [0.4, 0.5) is 5.69 Å². The summed E-state index contributed by atoms with van der Waals surface area (Å²) in [5.74, 6) is -0.484. The topological polar surface area (TPSA) is 114 Å². The van der Waals surface area contributed by atoms with Crippen molar-refractivity contribution in [3.63, 3.8) is 0 Å². The maximum atomic E-state index is 12.7. The molecule has 1 saturated heterocycles. The average molecular weight is 457 g/mol. The first kappa shape index (κ1) is 22.1. The zero-order valence-corrected chi connectivity index (χ0v) is 18.5. The van der Waals surface area contributed by atoms with Gasteiger partial charge in [0.15, 0.2) is 5.69 Å². The maximum Gasteiger partial charge on any atom is 0.265 e. The van der Waals surface area contributed by atoms with Gasteiger partial charge >= 0.3 is 0 Å². The highest BCUT2D eigenvalue weighted by molar-refractivity contribution is 7.89. The number of sulfonamides is 1.